The van der Waals surface area contributed by atoms with E-state index in [2.05, 4.69) is 61.6 Å². The monoisotopic (exact) mass is 468 g/mol. The van der Waals surface area contributed by atoms with Gasteiger partial charge in [-0.3, -0.25) is 0 Å². The summed E-state index contributed by atoms with van der Waals surface area (Å²) in [5, 5.41) is 10.5. The van der Waals surface area contributed by atoms with E-state index in [1.54, 1.807) is 0 Å². The van der Waals surface area contributed by atoms with Crippen molar-refractivity contribution < 1.29 is 26.2 Å². The summed E-state index contributed by atoms with van der Waals surface area (Å²) >= 11 is 0. The van der Waals surface area contributed by atoms with Crippen LogP contribution in [0.4, 0.5) is 0 Å². The number of methoxy groups -OCH3 is 1. The van der Waals surface area contributed by atoms with Gasteiger partial charge in [-0.1, -0.05) is 60.7 Å². The molecule has 0 aromatic heterocycles. The van der Waals surface area contributed by atoms with E-state index < -0.39 is 5.41 Å². The van der Waals surface area contributed by atoms with E-state index in [-0.39, 0.29) is 17.0 Å². The van der Waals surface area contributed by atoms with Gasteiger partial charge >= 0.3 is 0 Å². The van der Waals surface area contributed by atoms with E-state index >= 15 is 0 Å². The van der Waals surface area contributed by atoms with Crippen molar-refractivity contribution in [2.45, 2.75) is 49.6 Å². The number of quaternary nitrogens is 1. The van der Waals surface area contributed by atoms with Crippen LogP contribution in [0.3, 0.4) is 0 Å². The first kappa shape index (κ1) is 23.0. The van der Waals surface area contributed by atoms with Crippen LogP contribution in [0, 0.1) is 17.2 Å². The van der Waals surface area contributed by atoms with Crippen molar-refractivity contribution in [2.24, 2.45) is 5.92 Å². The SMILES string of the molecule is COCC[N+]1(C)[C@@H]2CC[C@H]1CC(CC(C#N)(c1ccccc1)c1ccccc1)C2.[Br-]. The molecule has 2 heterocycles. The van der Waals surface area contributed by atoms with Crippen LogP contribution in [-0.2, 0) is 10.2 Å². The first-order chi connectivity index (χ1) is 14.1. The van der Waals surface area contributed by atoms with Crippen LogP contribution >= 0.6 is 0 Å². The van der Waals surface area contributed by atoms with E-state index in [1.807, 2.05) is 19.2 Å². The molecule has 4 atom stereocenters. The van der Waals surface area contributed by atoms with Gasteiger partial charge in [-0.05, 0) is 23.5 Å². The van der Waals surface area contributed by atoms with Gasteiger partial charge in [0.15, 0.2) is 0 Å². The minimum Gasteiger partial charge on any atom is -1.00 e. The van der Waals surface area contributed by atoms with Crippen LogP contribution in [0.25, 0.3) is 0 Å². The number of hydrogen-bond acceptors (Lipinski definition) is 2. The van der Waals surface area contributed by atoms with Gasteiger partial charge in [0.25, 0.3) is 0 Å². The van der Waals surface area contributed by atoms with Crippen molar-refractivity contribution in [1.82, 2.24) is 0 Å². The molecule has 0 aliphatic carbocycles. The fourth-order valence-electron chi connectivity index (χ4n) is 6.13. The van der Waals surface area contributed by atoms with E-state index in [0.29, 0.717) is 18.0 Å². The molecule has 2 aliphatic rings. The number of likely N-dealkylation sites (N-methyl/N-ethyl adjacent to an activating group) is 1. The molecule has 4 rings (SSSR count). The zero-order valence-corrected chi connectivity index (χ0v) is 19.7. The summed E-state index contributed by atoms with van der Waals surface area (Å²) in [5.41, 5.74) is 1.69. The highest BCUT2D eigenvalue weighted by atomic mass is 79.9. The fraction of sp³-hybridized carbons (Fsp3) is 0.500. The number of nitrogens with zero attached hydrogens (tertiary/aromatic N) is 2. The largest absolute Gasteiger partial charge is 1.00 e. The molecule has 2 unspecified atom stereocenters. The van der Waals surface area contributed by atoms with Crippen LogP contribution in [0.2, 0.25) is 0 Å². The predicted octanol–water partition coefficient (Wildman–Crippen LogP) is 1.92. The van der Waals surface area contributed by atoms with Gasteiger partial charge < -0.3 is 26.2 Å². The fourth-order valence-corrected chi connectivity index (χ4v) is 6.13. The lowest BCUT2D eigenvalue weighted by Gasteiger charge is -2.48. The third kappa shape index (κ3) is 4.08. The van der Waals surface area contributed by atoms with Gasteiger partial charge in [-0.2, -0.15) is 5.26 Å². The normalized spacial score (nSPS) is 27.8. The topological polar surface area (TPSA) is 33.0 Å². The Morgan fingerprint density at radius 1 is 0.967 bits per heavy atom. The average Bonchev–Trinajstić information content (AvgIpc) is 2.94. The highest BCUT2D eigenvalue weighted by molar-refractivity contribution is 5.45. The number of piperidine rings is 1. The molecule has 0 N–H and O–H groups in total. The maximum absolute atomic E-state index is 10.5. The zero-order valence-electron chi connectivity index (χ0n) is 18.1. The summed E-state index contributed by atoms with van der Waals surface area (Å²) in [6, 6.07) is 25.0. The van der Waals surface area contributed by atoms with Crippen molar-refractivity contribution in [3.63, 3.8) is 0 Å². The van der Waals surface area contributed by atoms with Gasteiger partial charge in [0.1, 0.15) is 12.0 Å². The van der Waals surface area contributed by atoms with Crippen LogP contribution in [0.1, 0.15) is 43.2 Å². The molecular formula is C26H33BrN2O. The third-order valence-electron chi connectivity index (χ3n) is 7.81. The molecule has 2 bridgehead atoms. The molecule has 2 aliphatic heterocycles. The molecule has 0 spiro atoms. The molecule has 4 heteroatoms. The molecule has 160 valence electrons. The van der Waals surface area contributed by atoms with Crippen molar-refractivity contribution in [1.29, 1.82) is 5.26 Å². The van der Waals surface area contributed by atoms with E-state index in [1.165, 1.54) is 30.2 Å². The number of hydrogen-bond donors (Lipinski definition) is 0. The summed E-state index contributed by atoms with van der Waals surface area (Å²) in [4.78, 5) is 0. The van der Waals surface area contributed by atoms with Crippen molar-refractivity contribution in [2.75, 3.05) is 27.3 Å². The zero-order chi connectivity index (χ0) is 20.3. The minimum atomic E-state index is -0.570. The van der Waals surface area contributed by atoms with Crippen LogP contribution in [0.15, 0.2) is 60.7 Å². The molecule has 2 aromatic carbocycles. The van der Waals surface area contributed by atoms with Gasteiger partial charge in [0.2, 0.25) is 0 Å². The highest BCUT2D eigenvalue weighted by Crippen LogP contribution is 2.48. The second kappa shape index (κ2) is 9.64. The summed E-state index contributed by atoms with van der Waals surface area (Å²) < 4.78 is 6.58. The first-order valence-electron chi connectivity index (χ1n) is 11.0. The Morgan fingerprint density at radius 3 is 1.90 bits per heavy atom. The molecule has 2 fully saturated rings. The lowest BCUT2D eigenvalue weighted by molar-refractivity contribution is -0.949. The van der Waals surface area contributed by atoms with Gasteiger partial charge in [0.05, 0.1) is 31.8 Å². The number of benzene rings is 2. The molecule has 0 saturated carbocycles. The number of rotatable bonds is 7. The molecule has 3 nitrogen and oxygen atoms in total. The van der Waals surface area contributed by atoms with Crippen LogP contribution in [-0.4, -0.2) is 43.9 Å². The highest BCUT2D eigenvalue weighted by Gasteiger charge is 2.52. The smallest absolute Gasteiger partial charge is 0.107 e. The first-order valence-corrected chi connectivity index (χ1v) is 11.0. The second-order valence-electron chi connectivity index (χ2n) is 9.24. The number of ether oxygens (including phenoxy) is 1. The Balaban J connectivity index is 0.00000256. The summed E-state index contributed by atoms with van der Waals surface area (Å²) in [6.45, 7) is 1.95. The van der Waals surface area contributed by atoms with Crippen LogP contribution in [0.5, 0.6) is 0 Å². The van der Waals surface area contributed by atoms with Crippen LogP contribution < -0.4 is 17.0 Å². The molecule has 30 heavy (non-hydrogen) atoms. The summed E-state index contributed by atoms with van der Waals surface area (Å²) in [6.07, 6.45) is 5.99. The lowest BCUT2D eigenvalue weighted by Crippen LogP contribution is -3.00. The lowest BCUT2D eigenvalue weighted by atomic mass is 9.67. The van der Waals surface area contributed by atoms with Crippen molar-refractivity contribution >= 4 is 0 Å². The van der Waals surface area contributed by atoms with E-state index in [0.717, 1.165) is 30.7 Å². The Hall–Kier alpha value is -1.67. The molecule has 2 saturated heterocycles. The Morgan fingerprint density at radius 2 is 1.47 bits per heavy atom. The summed E-state index contributed by atoms with van der Waals surface area (Å²) in [5.74, 6) is 0.585. The molecule has 0 amide bonds. The molecule has 2 aromatic rings. The number of nitriles is 1. The Labute approximate surface area is 192 Å². The quantitative estimate of drug-likeness (QED) is 0.581. The van der Waals surface area contributed by atoms with Gasteiger partial charge in [0, 0.05) is 32.8 Å². The number of halogens is 1. The standard InChI is InChI=1S/C26H33N2O.BrH/c1-28(15-16-29-2)24-13-14-25(28)18-21(17-24)19-26(20-27,22-9-5-3-6-10-22)23-11-7-4-8-12-23;/h3-12,21,24-25H,13-19H2,1-2H3;1H/q+1;/p-1/t21?,24-,25+,28?;. The van der Waals surface area contributed by atoms with E-state index in [4.69, 9.17) is 4.74 Å². The van der Waals surface area contributed by atoms with Crippen molar-refractivity contribution in [3.05, 3.63) is 71.8 Å². The predicted molar refractivity (Wildman–Crippen MR) is 116 cm³/mol. The third-order valence-corrected chi connectivity index (χ3v) is 7.81. The van der Waals surface area contributed by atoms with Gasteiger partial charge in [-0.25, -0.2) is 0 Å². The summed E-state index contributed by atoms with van der Waals surface area (Å²) in [7, 11) is 4.24. The Kier molecular flexibility index (Phi) is 7.39. The van der Waals surface area contributed by atoms with E-state index in [9.17, 15) is 5.26 Å². The Bertz CT molecular complexity index is 795. The minimum absolute atomic E-state index is 0. The molecular weight excluding hydrogens is 436 g/mol. The maximum atomic E-state index is 10.5. The average molecular weight is 469 g/mol. The number of fused-ring (bicyclic) bond motifs is 2. The van der Waals surface area contributed by atoms with Gasteiger partial charge in [-0.15, -0.1) is 0 Å². The molecule has 0 radical (unpaired) electrons. The maximum Gasteiger partial charge on any atom is 0.107 e. The second-order valence-corrected chi connectivity index (χ2v) is 9.24. The van der Waals surface area contributed by atoms with Crippen molar-refractivity contribution in [3.8, 4) is 6.07 Å².